The Morgan fingerprint density at radius 2 is 1.77 bits per heavy atom. The van der Waals surface area contributed by atoms with E-state index in [-0.39, 0.29) is 36.7 Å². The summed E-state index contributed by atoms with van der Waals surface area (Å²) < 4.78 is 0. The Kier molecular flexibility index (Phi) is 10.2. The standard InChI is InChI=1S/C29H40N6O3.ClH/c30-27(22-9-10-23-18-31-12-11-21(23)17-22)33-28(37)25-8-4-15-35(25)29(38)24(16-20-6-2-1-3-7-20)32-19-26(36)34-13-5-14-34;/h9-12,17-18,20,24-25,27,32H,1-8,13-16,19,30H2,(H,33,37);1H/t24-,25+,27?;/m1./s1. The minimum absolute atomic E-state index is 0. The van der Waals surface area contributed by atoms with Crippen LogP contribution >= 0.6 is 12.4 Å². The van der Waals surface area contributed by atoms with Crippen molar-refractivity contribution in [3.05, 3.63) is 42.2 Å². The molecule has 1 aromatic carbocycles. The maximum atomic E-state index is 13.8. The Balaban J connectivity index is 0.00000353. The van der Waals surface area contributed by atoms with E-state index in [2.05, 4.69) is 15.6 Å². The second kappa shape index (κ2) is 13.5. The van der Waals surface area contributed by atoms with Gasteiger partial charge < -0.3 is 20.9 Å². The molecule has 2 aliphatic heterocycles. The predicted octanol–water partition coefficient (Wildman–Crippen LogP) is 2.88. The van der Waals surface area contributed by atoms with E-state index in [4.69, 9.17) is 5.73 Å². The van der Waals surface area contributed by atoms with Crippen LogP contribution in [0.2, 0.25) is 0 Å². The van der Waals surface area contributed by atoms with Crippen LogP contribution in [0.3, 0.4) is 0 Å². The molecule has 1 aromatic heterocycles. The molecule has 9 nitrogen and oxygen atoms in total. The van der Waals surface area contributed by atoms with Crippen LogP contribution in [-0.4, -0.2) is 70.8 Å². The number of fused-ring (bicyclic) bond motifs is 1. The third-order valence-corrected chi connectivity index (χ3v) is 8.46. The largest absolute Gasteiger partial charge is 0.341 e. The molecule has 39 heavy (non-hydrogen) atoms. The Bertz CT molecular complexity index is 1150. The number of likely N-dealkylation sites (tertiary alicyclic amines) is 2. The lowest BCUT2D eigenvalue weighted by Crippen LogP contribution is -2.55. The number of hydrogen-bond donors (Lipinski definition) is 3. The van der Waals surface area contributed by atoms with Crippen LogP contribution in [0.5, 0.6) is 0 Å². The fraction of sp³-hybridized carbons (Fsp3) is 0.586. The Hall–Kier alpha value is -2.75. The molecule has 212 valence electrons. The van der Waals surface area contributed by atoms with Crippen LogP contribution in [-0.2, 0) is 14.4 Å². The highest BCUT2D eigenvalue weighted by Gasteiger charge is 2.38. The van der Waals surface area contributed by atoms with Gasteiger partial charge in [-0.05, 0) is 54.7 Å². The summed E-state index contributed by atoms with van der Waals surface area (Å²) in [7, 11) is 0. The molecule has 3 amide bonds. The number of rotatable bonds is 9. The molecule has 0 radical (unpaired) electrons. The number of hydrogen-bond acceptors (Lipinski definition) is 6. The summed E-state index contributed by atoms with van der Waals surface area (Å²) in [4.78, 5) is 47.4. The van der Waals surface area contributed by atoms with Gasteiger partial charge in [-0.25, -0.2) is 0 Å². The van der Waals surface area contributed by atoms with E-state index in [1.54, 1.807) is 17.3 Å². The van der Waals surface area contributed by atoms with Gasteiger partial charge in [0, 0.05) is 37.4 Å². The van der Waals surface area contributed by atoms with Gasteiger partial charge >= 0.3 is 0 Å². The van der Waals surface area contributed by atoms with Crippen molar-refractivity contribution < 1.29 is 14.4 Å². The number of nitrogens with two attached hydrogens (primary N) is 1. The minimum Gasteiger partial charge on any atom is -0.341 e. The summed E-state index contributed by atoms with van der Waals surface area (Å²) in [6.45, 7) is 2.29. The molecule has 0 spiro atoms. The third-order valence-electron chi connectivity index (χ3n) is 8.46. The number of aromatic nitrogens is 1. The SMILES string of the molecule is Cl.NC(NC(=O)[C@@H]1CCCN1C(=O)[C@@H](CC1CCCCC1)NCC(=O)N1CCC1)c1ccc2cnccc2c1. The average Bonchev–Trinajstić information content (AvgIpc) is 3.40. The molecule has 2 saturated heterocycles. The molecule has 1 aliphatic carbocycles. The number of carbonyl (C=O) groups excluding carboxylic acids is 3. The van der Waals surface area contributed by atoms with Gasteiger partial charge in [0.05, 0.1) is 12.6 Å². The Morgan fingerprint density at radius 1 is 0.974 bits per heavy atom. The first-order valence-corrected chi connectivity index (χ1v) is 14.2. The molecule has 1 unspecified atom stereocenters. The Morgan fingerprint density at radius 3 is 2.51 bits per heavy atom. The number of halogens is 1. The average molecular weight is 557 g/mol. The van der Waals surface area contributed by atoms with Gasteiger partial charge in [-0.3, -0.25) is 24.7 Å². The zero-order valence-electron chi connectivity index (χ0n) is 22.5. The molecule has 5 rings (SSSR count). The van der Waals surface area contributed by atoms with Crippen LogP contribution in [0.15, 0.2) is 36.7 Å². The quantitative estimate of drug-likeness (QED) is 0.408. The van der Waals surface area contributed by atoms with Crippen LogP contribution < -0.4 is 16.4 Å². The molecule has 3 atom stereocenters. The van der Waals surface area contributed by atoms with Gasteiger partial charge in [0.15, 0.2) is 0 Å². The minimum atomic E-state index is -0.678. The summed E-state index contributed by atoms with van der Waals surface area (Å²) in [6, 6.07) is 6.69. The molecular formula is C29H41ClN6O3. The topological polar surface area (TPSA) is 121 Å². The molecule has 1 saturated carbocycles. The molecule has 3 fully saturated rings. The lowest BCUT2D eigenvalue weighted by molar-refractivity contribution is -0.141. The van der Waals surface area contributed by atoms with Crippen LogP contribution in [0.1, 0.15) is 69.5 Å². The van der Waals surface area contributed by atoms with Crippen LogP contribution in [0, 0.1) is 5.92 Å². The van der Waals surface area contributed by atoms with Gasteiger partial charge in [0.2, 0.25) is 17.7 Å². The highest BCUT2D eigenvalue weighted by Crippen LogP contribution is 2.29. The first kappa shape index (κ1) is 29.2. The van der Waals surface area contributed by atoms with Gasteiger partial charge in [0.1, 0.15) is 12.2 Å². The van der Waals surface area contributed by atoms with Gasteiger partial charge in [-0.2, -0.15) is 0 Å². The van der Waals surface area contributed by atoms with Crippen molar-refractivity contribution in [2.75, 3.05) is 26.2 Å². The Labute approximate surface area is 236 Å². The van der Waals surface area contributed by atoms with Crippen molar-refractivity contribution in [1.82, 2.24) is 25.4 Å². The molecular weight excluding hydrogens is 516 g/mol. The maximum absolute atomic E-state index is 13.8. The number of pyridine rings is 1. The molecule has 0 bridgehead atoms. The summed E-state index contributed by atoms with van der Waals surface area (Å²) in [6.07, 6.45) is 11.8. The summed E-state index contributed by atoms with van der Waals surface area (Å²) >= 11 is 0. The van der Waals surface area contributed by atoms with Crippen molar-refractivity contribution in [1.29, 1.82) is 0 Å². The third kappa shape index (κ3) is 7.07. The normalized spacial score (nSPS) is 21.1. The zero-order chi connectivity index (χ0) is 26.5. The van der Waals surface area contributed by atoms with Crippen molar-refractivity contribution in [3.63, 3.8) is 0 Å². The van der Waals surface area contributed by atoms with E-state index >= 15 is 0 Å². The molecule has 3 heterocycles. The van der Waals surface area contributed by atoms with Gasteiger partial charge in [-0.15, -0.1) is 12.4 Å². The summed E-state index contributed by atoms with van der Waals surface area (Å²) in [5.74, 6) is 0.212. The highest BCUT2D eigenvalue weighted by atomic mass is 35.5. The van der Waals surface area contributed by atoms with Crippen LogP contribution in [0.25, 0.3) is 10.8 Å². The van der Waals surface area contributed by atoms with E-state index < -0.39 is 18.2 Å². The zero-order valence-corrected chi connectivity index (χ0v) is 23.3. The molecule has 2 aromatic rings. The van der Waals surface area contributed by atoms with Gasteiger partial charge in [-0.1, -0.05) is 44.2 Å². The predicted molar refractivity (Wildman–Crippen MR) is 153 cm³/mol. The first-order valence-electron chi connectivity index (χ1n) is 14.2. The monoisotopic (exact) mass is 556 g/mol. The van der Waals surface area contributed by atoms with Crippen molar-refractivity contribution in [2.45, 2.75) is 76.0 Å². The van der Waals surface area contributed by atoms with Crippen molar-refractivity contribution >= 4 is 40.9 Å². The molecule has 4 N–H and O–H groups in total. The lowest BCUT2D eigenvalue weighted by Gasteiger charge is -2.34. The van der Waals surface area contributed by atoms with E-state index in [1.807, 2.05) is 29.2 Å². The number of nitrogens with zero attached hydrogens (tertiary/aromatic N) is 3. The number of carbonyl (C=O) groups is 3. The van der Waals surface area contributed by atoms with Crippen LogP contribution in [0.4, 0.5) is 0 Å². The number of nitrogens with one attached hydrogen (secondary N) is 2. The van der Waals surface area contributed by atoms with E-state index in [0.717, 1.165) is 55.1 Å². The molecule has 10 heteroatoms. The first-order chi connectivity index (χ1) is 18.5. The second-order valence-electron chi connectivity index (χ2n) is 11.1. The summed E-state index contributed by atoms with van der Waals surface area (Å²) in [5.41, 5.74) is 7.18. The van der Waals surface area contributed by atoms with Crippen molar-refractivity contribution in [2.24, 2.45) is 11.7 Å². The fourth-order valence-electron chi connectivity index (χ4n) is 6.05. The van der Waals surface area contributed by atoms with E-state index in [0.29, 0.717) is 25.3 Å². The fourth-order valence-corrected chi connectivity index (χ4v) is 6.05. The maximum Gasteiger partial charge on any atom is 0.244 e. The van der Waals surface area contributed by atoms with Gasteiger partial charge in [0.25, 0.3) is 0 Å². The smallest absolute Gasteiger partial charge is 0.244 e. The second-order valence-corrected chi connectivity index (χ2v) is 11.1. The molecule has 3 aliphatic rings. The number of amides is 3. The summed E-state index contributed by atoms with van der Waals surface area (Å²) in [5, 5.41) is 8.24. The van der Waals surface area contributed by atoms with Crippen molar-refractivity contribution in [3.8, 4) is 0 Å². The lowest BCUT2D eigenvalue weighted by atomic mass is 9.84. The number of benzene rings is 1. The van der Waals surface area contributed by atoms with E-state index in [9.17, 15) is 14.4 Å². The van der Waals surface area contributed by atoms with E-state index in [1.165, 1.54) is 19.3 Å². The highest BCUT2D eigenvalue weighted by molar-refractivity contribution is 5.91.